The van der Waals surface area contributed by atoms with Crippen molar-refractivity contribution in [3.63, 3.8) is 0 Å². The minimum absolute atomic E-state index is 0.346. The van der Waals surface area contributed by atoms with Crippen LogP contribution in [0.4, 0.5) is 0 Å². The van der Waals surface area contributed by atoms with E-state index in [9.17, 15) is 4.79 Å². The molecule has 23 heavy (non-hydrogen) atoms. The highest BCUT2D eigenvalue weighted by molar-refractivity contribution is 5.90. The lowest BCUT2D eigenvalue weighted by atomic mass is 9.91. The van der Waals surface area contributed by atoms with Crippen LogP contribution in [0.15, 0.2) is 11.6 Å². The van der Waals surface area contributed by atoms with Gasteiger partial charge in [0.15, 0.2) is 5.78 Å². The second-order valence-corrected chi connectivity index (χ2v) is 7.37. The van der Waals surface area contributed by atoms with Crippen LogP contribution in [0.2, 0.25) is 0 Å². The molecule has 1 heteroatoms. The Morgan fingerprint density at radius 3 is 1.70 bits per heavy atom. The van der Waals surface area contributed by atoms with Crippen LogP contribution < -0.4 is 0 Å². The monoisotopic (exact) mass is 322 g/mol. The summed E-state index contributed by atoms with van der Waals surface area (Å²) in [6.07, 6.45) is 16.4. The first-order valence-electron chi connectivity index (χ1n) is 10.3. The van der Waals surface area contributed by atoms with E-state index in [1.165, 1.54) is 63.4 Å². The third kappa shape index (κ3) is 12.5. The van der Waals surface area contributed by atoms with E-state index in [0.29, 0.717) is 5.78 Å². The van der Waals surface area contributed by atoms with E-state index in [-0.39, 0.29) is 0 Å². The van der Waals surface area contributed by atoms with Gasteiger partial charge in [0.25, 0.3) is 0 Å². The number of ketones is 1. The zero-order chi connectivity index (χ0) is 17.5. The Hall–Kier alpha value is -0.590. The van der Waals surface area contributed by atoms with Gasteiger partial charge in [0.05, 0.1) is 0 Å². The normalized spacial score (nSPS) is 14.7. The lowest BCUT2D eigenvalue weighted by Crippen LogP contribution is -2.04. The fourth-order valence-electron chi connectivity index (χ4n) is 3.29. The molecule has 0 N–H and O–H groups in total. The summed E-state index contributed by atoms with van der Waals surface area (Å²) in [6.45, 7) is 11.2. The topological polar surface area (TPSA) is 17.1 Å². The van der Waals surface area contributed by atoms with E-state index in [4.69, 9.17) is 0 Å². The summed E-state index contributed by atoms with van der Waals surface area (Å²) < 4.78 is 0. The maximum absolute atomic E-state index is 12.2. The van der Waals surface area contributed by atoms with E-state index >= 15 is 0 Å². The fourth-order valence-corrected chi connectivity index (χ4v) is 3.29. The van der Waals surface area contributed by atoms with Crippen molar-refractivity contribution in [2.24, 2.45) is 11.8 Å². The summed E-state index contributed by atoms with van der Waals surface area (Å²) in [5.41, 5.74) is 1.28. The predicted molar refractivity (Wildman–Crippen MR) is 104 cm³/mol. The minimum atomic E-state index is 0.346. The van der Waals surface area contributed by atoms with Crippen molar-refractivity contribution in [2.75, 3.05) is 0 Å². The van der Waals surface area contributed by atoms with Crippen LogP contribution in [0.25, 0.3) is 0 Å². The Morgan fingerprint density at radius 2 is 1.26 bits per heavy atom. The van der Waals surface area contributed by atoms with Crippen LogP contribution in [0, 0.1) is 11.8 Å². The van der Waals surface area contributed by atoms with Crippen LogP contribution >= 0.6 is 0 Å². The molecule has 0 fully saturated rings. The van der Waals surface area contributed by atoms with Gasteiger partial charge in [0.2, 0.25) is 0 Å². The molecule has 0 bridgehead atoms. The third-order valence-electron chi connectivity index (χ3n) is 5.24. The van der Waals surface area contributed by atoms with Gasteiger partial charge < -0.3 is 0 Å². The van der Waals surface area contributed by atoms with Crippen LogP contribution in [0.1, 0.15) is 112 Å². The van der Waals surface area contributed by atoms with Crippen LogP contribution in [0.3, 0.4) is 0 Å². The zero-order valence-corrected chi connectivity index (χ0v) is 16.6. The van der Waals surface area contributed by atoms with Crippen molar-refractivity contribution in [3.8, 4) is 0 Å². The lowest BCUT2D eigenvalue weighted by molar-refractivity contribution is -0.114. The third-order valence-corrected chi connectivity index (χ3v) is 5.24. The standard InChI is InChI=1S/C22H42O/c1-6-10-12-20(8-3)15-14-19(5)18-22(23)17-16-21(9-4)13-11-7-2/h18,20-21H,6-17H2,1-5H3/b19-18+. The summed E-state index contributed by atoms with van der Waals surface area (Å²) in [6, 6.07) is 0. The molecule has 0 aliphatic rings. The van der Waals surface area contributed by atoms with Gasteiger partial charge >= 0.3 is 0 Å². The van der Waals surface area contributed by atoms with Gasteiger partial charge in [0.1, 0.15) is 0 Å². The molecule has 0 spiro atoms. The minimum Gasteiger partial charge on any atom is -0.295 e. The Bertz CT molecular complexity index is 316. The van der Waals surface area contributed by atoms with Crippen LogP contribution in [-0.2, 0) is 4.79 Å². The number of hydrogen-bond acceptors (Lipinski definition) is 1. The van der Waals surface area contributed by atoms with Gasteiger partial charge in [-0.1, -0.05) is 84.6 Å². The van der Waals surface area contributed by atoms with Gasteiger partial charge in [-0.3, -0.25) is 4.79 Å². The van der Waals surface area contributed by atoms with Crippen molar-refractivity contribution < 1.29 is 4.79 Å². The highest BCUT2D eigenvalue weighted by atomic mass is 16.1. The molecule has 0 saturated heterocycles. The molecule has 0 aromatic heterocycles. The maximum Gasteiger partial charge on any atom is 0.155 e. The van der Waals surface area contributed by atoms with Crippen molar-refractivity contribution in [3.05, 3.63) is 11.6 Å². The van der Waals surface area contributed by atoms with Gasteiger partial charge in [-0.15, -0.1) is 0 Å². The Kier molecular flexibility index (Phi) is 14.6. The SMILES string of the molecule is CCCCC(CC)CCC(=O)/C=C(\C)CCC(CC)CCCC. The highest BCUT2D eigenvalue weighted by Crippen LogP contribution is 2.22. The zero-order valence-electron chi connectivity index (χ0n) is 16.6. The summed E-state index contributed by atoms with van der Waals surface area (Å²) in [4.78, 5) is 12.2. The molecule has 2 atom stereocenters. The van der Waals surface area contributed by atoms with Gasteiger partial charge in [0, 0.05) is 6.42 Å². The number of unbranched alkanes of at least 4 members (excludes halogenated alkanes) is 2. The van der Waals surface area contributed by atoms with E-state index in [1.54, 1.807) is 0 Å². The molecule has 0 radical (unpaired) electrons. The molecule has 0 saturated carbocycles. The number of carbonyl (C=O) groups is 1. The molecule has 0 aromatic carbocycles. The van der Waals surface area contributed by atoms with Crippen LogP contribution in [-0.4, -0.2) is 5.78 Å². The summed E-state index contributed by atoms with van der Waals surface area (Å²) >= 11 is 0. The number of carbonyl (C=O) groups excluding carboxylic acids is 1. The molecule has 0 aliphatic carbocycles. The second kappa shape index (κ2) is 15.0. The molecule has 1 nitrogen and oxygen atoms in total. The van der Waals surface area contributed by atoms with Crippen molar-refractivity contribution in [1.82, 2.24) is 0 Å². The van der Waals surface area contributed by atoms with Crippen molar-refractivity contribution >= 4 is 5.78 Å². The van der Waals surface area contributed by atoms with E-state index in [1.807, 2.05) is 6.08 Å². The Balaban J connectivity index is 4.10. The fraction of sp³-hybridized carbons (Fsp3) is 0.864. The average Bonchev–Trinajstić information content (AvgIpc) is 2.55. The molecular formula is C22H42O. The molecule has 0 heterocycles. The van der Waals surface area contributed by atoms with E-state index in [0.717, 1.165) is 31.1 Å². The lowest BCUT2D eigenvalue weighted by Gasteiger charge is -2.14. The maximum atomic E-state index is 12.2. The van der Waals surface area contributed by atoms with Crippen molar-refractivity contribution in [1.29, 1.82) is 0 Å². The Morgan fingerprint density at radius 1 is 0.783 bits per heavy atom. The van der Waals surface area contributed by atoms with E-state index in [2.05, 4.69) is 34.6 Å². The second-order valence-electron chi connectivity index (χ2n) is 7.37. The van der Waals surface area contributed by atoms with Crippen LogP contribution in [0.5, 0.6) is 0 Å². The molecule has 0 amide bonds. The largest absolute Gasteiger partial charge is 0.295 e. The predicted octanol–water partition coefficient (Wildman–Crippen LogP) is 7.50. The summed E-state index contributed by atoms with van der Waals surface area (Å²) in [7, 11) is 0. The van der Waals surface area contributed by atoms with Crippen molar-refractivity contribution in [2.45, 2.75) is 112 Å². The van der Waals surface area contributed by atoms with Gasteiger partial charge in [-0.05, 0) is 44.1 Å². The Labute approximate surface area is 146 Å². The highest BCUT2D eigenvalue weighted by Gasteiger charge is 2.09. The first kappa shape index (κ1) is 22.4. The quantitative estimate of drug-likeness (QED) is 0.285. The van der Waals surface area contributed by atoms with E-state index < -0.39 is 0 Å². The van der Waals surface area contributed by atoms with Gasteiger partial charge in [-0.2, -0.15) is 0 Å². The molecule has 0 aliphatic heterocycles. The molecule has 2 unspecified atom stereocenters. The number of allylic oxidation sites excluding steroid dienone is 2. The number of hydrogen-bond donors (Lipinski definition) is 0. The molecular weight excluding hydrogens is 280 g/mol. The summed E-state index contributed by atoms with van der Waals surface area (Å²) in [5.74, 6) is 1.93. The average molecular weight is 323 g/mol. The molecule has 0 aromatic rings. The first-order chi connectivity index (χ1) is 11.1. The smallest absolute Gasteiger partial charge is 0.155 e. The number of rotatable bonds is 15. The van der Waals surface area contributed by atoms with Gasteiger partial charge in [-0.25, -0.2) is 0 Å². The summed E-state index contributed by atoms with van der Waals surface area (Å²) in [5, 5.41) is 0. The molecule has 0 rings (SSSR count). The molecule has 136 valence electrons. The first-order valence-corrected chi connectivity index (χ1v) is 10.3.